The Morgan fingerprint density at radius 1 is 0.833 bits per heavy atom. The summed E-state index contributed by atoms with van der Waals surface area (Å²) in [4.78, 5) is 54.4. The Bertz CT molecular complexity index is 1230. The highest BCUT2D eigenvalue weighted by molar-refractivity contribution is 5.94. The van der Waals surface area contributed by atoms with Crippen LogP contribution in [0.3, 0.4) is 0 Å². The molecule has 2 rings (SSSR count). The van der Waals surface area contributed by atoms with Gasteiger partial charge in [-0.25, -0.2) is 9.59 Å². The van der Waals surface area contributed by atoms with Gasteiger partial charge in [-0.05, 0) is 66.5 Å². The molecule has 10 heteroatoms. The number of likely N-dealkylation sites (N-methyl/N-ethyl adjacent to an activating group) is 1. The predicted octanol–water partition coefficient (Wildman–Crippen LogP) is 3.76. The fourth-order valence-electron chi connectivity index (χ4n) is 4.39. The van der Waals surface area contributed by atoms with Gasteiger partial charge in [0, 0.05) is 13.5 Å². The maximum absolute atomic E-state index is 14.0. The second kappa shape index (κ2) is 14.3. The monoisotopic (exact) mass is 583 g/mol. The molecule has 0 spiro atoms. The summed E-state index contributed by atoms with van der Waals surface area (Å²) in [5.74, 6) is -1.97. The number of hydrogen-bond acceptors (Lipinski definition) is 7. The smallest absolute Gasteiger partial charge is 0.408 e. The number of amides is 3. The van der Waals surface area contributed by atoms with Crippen molar-refractivity contribution in [3.05, 3.63) is 70.8 Å². The van der Waals surface area contributed by atoms with Gasteiger partial charge in [0.15, 0.2) is 0 Å². The Hall–Kier alpha value is -3.92. The van der Waals surface area contributed by atoms with Gasteiger partial charge in [0.05, 0.1) is 6.61 Å². The Kier molecular flexibility index (Phi) is 11.7. The zero-order chi connectivity index (χ0) is 31.8. The molecule has 2 aromatic carbocycles. The summed E-state index contributed by atoms with van der Waals surface area (Å²) < 4.78 is 10.9. The van der Waals surface area contributed by atoms with Crippen molar-refractivity contribution in [1.29, 1.82) is 0 Å². The molecule has 0 radical (unpaired) electrons. The van der Waals surface area contributed by atoms with Crippen LogP contribution in [0.2, 0.25) is 0 Å². The minimum atomic E-state index is -1.38. The highest BCUT2D eigenvalue weighted by Gasteiger charge is 2.36. The molecule has 230 valence electrons. The summed E-state index contributed by atoms with van der Waals surface area (Å²) in [5, 5.41) is 15.2. The normalized spacial score (nSPS) is 13.8. The summed E-state index contributed by atoms with van der Waals surface area (Å²) >= 11 is 0. The molecule has 0 aromatic heterocycles. The van der Waals surface area contributed by atoms with Crippen molar-refractivity contribution in [2.75, 3.05) is 13.7 Å². The van der Waals surface area contributed by atoms with Gasteiger partial charge in [-0.2, -0.15) is 0 Å². The summed E-state index contributed by atoms with van der Waals surface area (Å²) in [7, 11) is 1.41. The number of esters is 1. The molecule has 3 N–H and O–H groups in total. The molecule has 0 aliphatic rings. The molecule has 3 unspecified atom stereocenters. The molecule has 0 bridgehead atoms. The van der Waals surface area contributed by atoms with Gasteiger partial charge in [-0.1, -0.05) is 59.7 Å². The zero-order valence-corrected chi connectivity index (χ0v) is 26.1. The molecule has 3 atom stereocenters. The molecular formula is C32H45N3O7. The van der Waals surface area contributed by atoms with Crippen molar-refractivity contribution in [2.24, 2.45) is 0 Å². The Morgan fingerprint density at radius 3 is 1.88 bits per heavy atom. The number of alkyl carbamates (subject to hydrolysis) is 1. The van der Waals surface area contributed by atoms with Crippen LogP contribution in [0, 0.1) is 13.8 Å². The summed E-state index contributed by atoms with van der Waals surface area (Å²) in [5.41, 5.74) is 1.42. The third kappa shape index (κ3) is 10.8. The van der Waals surface area contributed by atoms with Crippen LogP contribution in [-0.2, 0) is 30.3 Å². The van der Waals surface area contributed by atoms with E-state index in [9.17, 15) is 24.3 Å². The second-order valence-electron chi connectivity index (χ2n) is 12.4. The average Bonchev–Trinajstić information content (AvgIpc) is 2.84. The first kappa shape index (κ1) is 34.3. The average molecular weight is 584 g/mol. The van der Waals surface area contributed by atoms with Crippen LogP contribution in [0.25, 0.3) is 0 Å². The van der Waals surface area contributed by atoms with Crippen molar-refractivity contribution in [1.82, 2.24) is 15.5 Å². The van der Waals surface area contributed by atoms with Crippen LogP contribution >= 0.6 is 0 Å². The van der Waals surface area contributed by atoms with Crippen molar-refractivity contribution in [3.63, 3.8) is 0 Å². The number of aliphatic hydroxyl groups excluding tert-OH is 1. The number of ether oxygens (including phenoxy) is 2. The molecule has 0 aliphatic carbocycles. The highest BCUT2D eigenvalue weighted by atomic mass is 16.6. The number of nitrogens with one attached hydrogen (secondary N) is 2. The van der Waals surface area contributed by atoms with E-state index in [4.69, 9.17) is 9.47 Å². The lowest BCUT2D eigenvalue weighted by atomic mass is 9.98. The molecule has 0 fully saturated rings. The van der Waals surface area contributed by atoms with Gasteiger partial charge in [0.25, 0.3) is 0 Å². The minimum absolute atomic E-state index is 0.165. The van der Waals surface area contributed by atoms with E-state index < -0.39 is 59.8 Å². The molecule has 10 nitrogen and oxygen atoms in total. The lowest BCUT2D eigenvalue weighted by molar-refractivity contribution is -0.159. The fourth-order valence-corrected chi connectivity index (χ4v) is 4.39. The first-order valence-corrected chi connectivity index (χ1v) is 13.9. The number of benzene rings is 2. The number of hydrogen-bond donors (Lipinski definition) is 3. The lowest BCUT2D eigenvalue weighted by Crippen LogP contribution is -2.54. The standard InChI is InChI=1S/C32H45N3O7/c1-20-15-21(2)17-23(16-20)26(35(9)28(38)25(19-36)34-30(40)42-32(6,7)8)27(37)33-24(29(39)41-31(3,4)5)18-22-13-11-10-12-14-22/h10-17,24-26,36H,18-19H2,1-9H3,(H,33,37)(H,34,40). The predicted molar refractivity (Wildman–Crippen MR) is 160 cm³/mol. The third-order valence-corrected chi connectivity index (χ3v) is 6.01. The van der Waals surface area contributed by atoms with E-state index in [-0.39, 0.29) is 6.42 Å². The van der Waals surface area contributed by atoms with Gasteiger partial charge in [0.2, 0.25) is 11.8 Å². The van der Waals surface area contributed by atoms with Gasteiger partial charge in [0.1, 0.15) is 29.3 Å². The number of aliphatic hydroxyl groups is 1. The van der Waals surface area contributed by atoms with Crippen LogP contribution < -0.4 is 10.6 Å². The topological polar surface area (TPSA) is 134 Å². The molecule has 0 saturated carbocycles. The van der Waals surface area contributed by atoms with Crippen LogP contribution in [0.4, 0.5) is 4.79 Å². The van der Waals surface area contributed by atoms with E-state index in [0.717, 1.165) is 21.6 Å². The highest BCUT2D eigenvalue weighted by Crippen LogP contribution is 2.24. The number of carbonyl (C=O) groups excluding carboxylic acids is 4. The number of nitrogens with zero attached hydrogens (tertiary/aromatic N) is 1. The van der Waals surface area contributed by atoms with Gasteiger partial charge in [-0.15, -0.1) is 0 Å². The molecule has 0 aliphatic heterocycles. The number of aryl methyl sites for hydroxylation is 2. The Morgan fingerprint density at radius 2 is 1.38 bits per heavy atom. The second-order valence-corrected chi connectivity index (χ2v) is 12.4. The van der Waals surface area contributed by atoms with E-state index in [1.54, 1.807) is 53.7 Å². The van der Waals surface area contributed by atoms with E-state index in [1.807, 2.05) is 50.2 Å². The summed E-state index contributed by atoms with van der Waals surface area (Å²) in [6, 6.07) is 11.0. The van der Waals surface area contributed by atoms with Crippen molar-refractivity contribution in [3.8, 4) is 0 Å². The van der Waals surface area contributed by atoms with Gasteiger partial charge >= 0.3 is 12.1 Å². The number of rotatable bonds is 10. The van der Waals surface area contributed by atoms with Crippen LogP contribution in [-0.4, -0.2) is 70.8 Å². The first-order valence-electron chi connectivity index (χ1n) is 13.9. The fraction of sp³-hybridized carbons (Fsp3) is 0.500. The summed E-state index contributed by atoms with van der Waals surface area (Å²) in [6.07, 6.45) is -0.721. The Balaban J connectivity index is 2.46. The van der Waals surface area contributed by atoms with E-state index in [2.05, 4.69) is 10.6 Å². The lowest BCUT2D eigenvalue weighted by Gasteiger charge is -2.32. The van der Waals surface area contributed by atoms with Crippen molar-refractivity contribution >= 4 is 23.9 Å². The Labute approximate surface area is 248 Å². The van der Waals surface area contributed by atoms with Crippen molar-refractivity contribution < 1.29 is 33.8 Å². The largest absolute Gasteiger partial charge is 0.458 e. The maximum Gasteiger partial charge on any atom is 0.408 e. The molecule has 0 heterocycles. The van der Waals surface area contributed by atoms with E-state index >= 15 is 0 Å². The van der Waals surface area contributed by atoms with Gasteiger partial charge < -0.3 is 30.1 Å². The molecular weight excluding hydrogens is 538 g/mol. The molecule has 0 saturated heterocycles. The molecule has 2 aromatic rings. The van der Waals surface area contributed by atoms with Gasteiger partial charge in [-0.3, -0.25) is 9.59 Å². The quantitative estimate of drug-likeness (QED) is 0.363. The van der Waals surface area contributed by atoms with Crippen LogP contribution in [0.1, 0.15) is 69.8 Å². The SMILES string of the molecule is Cc1cc(C)cc(C(C(=O)NC(Cc2ccccc2)C(=O)OC(C)(C)C)N(C)C(=O)C(CO)NC(=O)OC(C)(C)C)c1. The zero-order valence-electron chi connectivity index (χ0n) is 26.1. The third-order valence-electron chi connectivity index (χ3n) is 6.01. The molecule has 42 heavy (non-hydrogen) atoms. The summed E-state index contributed by atoms with van der Waals surface area (Å²) in [6.45, 7) is 13.2. The first-order chi connectivity index (χ1) is 19.4. The van der Waals surface area contributed by atoms with Crippen LogP contribution in [0.15, 0.2) is 48.5 Å². The van der Waals surface area contributed by atoms with E-state index in [1.165, 1.54) is 7.05 Å². The van der Waals surface area contributed by atoms with Crippen molar-refractivity contribution in [2.45, 2.75) is 91.1 Å². The van der Waals surface area contributed by atoms with Crippen LogP contribution in [0.5, 0.6) is 0 Å². The van der Waals surface area contributed by atoms with E-state index in [0.29, 0.717) is 5.56 Å². The maximum atomic E-state index is 14.0. The minimum Gasteiger partial charge on any atom is -0.458 e. The number of carbonyl (C=O) groups is 4. The molecule has 3 amide bonds.